The zero-order valence-corrected chi connectivity index (χ0v) is 8.07. The number of rotatable bonds is 3. The predicted molar refractivity (Wildman–Crippen MR) is 52.6 cm³/mol. The zero-order valence-electron chi connectivity index (χ0n) is 7.25. The number of carboxylic acids is 1. The van der Waals surface area contributed by atoms with E-state index in [1.54, 1.807) is 18.6 Å². The maximum absolute atomic E-state index is 10.6. The Balaban J connectivity index is 2.14. The molecule has 0 aromatic carbocycles. The molecule has 0 saturated heterocycles. The van der Waals surface area contributed by atoms with Crippen LogP contribution in [0.15, 0.2) is 30.9 Å². The van der Waals surface area contributed by atoms with Gasteiger partial charge in [0.05, 0.1) is 12.9 Å². The van der Waals surface area contributed by atoms with Gasteiger partial charge >= 0.3 is 5.97 Å². The molecule has 0 spiro atoms. The molecule has 0 fully saturated rings. The van der Waals surface area contributed by atoms with E-state index in [2.05, 4.69) is 4.98 Å². The fourth-order valence-electron chi connectivity index (χ4n) is 1.14. The highest BCUT2D eigenvalue weighted by molar-refractivity contribution is 7.13. The van der Waals surface area contributed by atoms with E-state index in [9.17, 15) is 4.79 Å². The molecule has 0 amide bonds. The van der Waals surface area contributed by atoms with Crippen molar-refractivity contribution in [3.8, 4) is 0 Å². The van der Waals surface area contributed by atoms with Crippen molar-refractivity contribution in [2.75, 3.05) is 0 Å². The Labute approximate surface area is 84.5 Å². The van der Waals surface area contributed by atoms with Crippen LogP contribution in [0.2, 0.25) is 0 Å². The number of aromatic nitrogens is 2. The van der Waals surface area contributed by atoms with Crippen LogP contribution in [-0.4, -0.2) is 20.6 Å². The average Bonchev–Trinajstić information content (AvgIpc) is 2.75. The first-order valence-electron chi connectivity index (χ1n) is 4.03. The van der Waals surface area contributed by atoms with Gasteiger partial charge in [-0.05, 0) is 12.1 Å². The predicted octanol–water partition coefficient (Wildman–Crippen LogP) is 1.69. The molecular weight excluding hydrogens is 200 g/mol. The molecular formula is C9H8N2O2S. The van der Waals surface area contributed by atoms with Crippen molar-refractivity contribution in [2.45, 2.75) is 6.54 Å². The molecule has 1 N–H and O–H groups in total. The van der Waals surface area contributed by atoms with E-state index in [0.717, 1.165) is 4.88 Å². The first-order valence-corrected chi connectivity index (χ1v) is 4.85. The summed E-state index contributed by atoms with van der Waals surface area (Å²) < 4.78 is 1.90. The number of hydrogen-bond donors (Lipinski definition) is 1. The van der Waals surface area contributed by atoms with Crippen LogP contribution in [0.25, 0.3) is 0 Å². The second-order valence-electron chi connectivity index (χ2n) is 2.81. The minimum absolute atomic E-state index is 0.375. The van der Waals surface area contributed by atoms with Gasteiger partial charge in [-0.15, -0.1) is 11.3 Å². The largest absolute Gasteiger partial charge is 0.477 e. The Morgan fingerprint density at radius 1 is 1.57 bits per heavy atom. The van der Waals surface area contributed by atoms with Crippen LogP contribution >= 0.6 is 11.3 Å². The van der Waals surface area contributed by atoms with Crippen molar-refractivity contribution >= 4 is 17.3 Å². The van der Waals surface area contributed by atoms with Gasteiger partial charge < -0.3 is 9.67 Å². The van der Waals surface area contributed by atoms with E-state index >= 15 is 0 Å². The van der Waals surface area contributed by atoms with E-state index in [1.165, 1.54) is 11.3 Å². The SMILES string of the molecule is O=C(O)c1ccc(Cn2ccnc2)s1. The highest BCUT2D eigenvalue weighted by atomic mass is 32.1. The zero-order chi connectivity index (χ0) is 9.97. The number of imidazole rings is 1. The van der Waals surface area contributed by atoms with Crippen molar-refractivity contribution in [3.63, 3.8) is 0 Å². The van der Waals surface area contributed by atoms with Gasteiger partial charge in [0.25, 0.3) is 0 Å². The number of thiophene rings is 1. The third-order valence-corrected chi connectivity index (χ3v) is 2.83. The van der Waals surface area contributed by atoms with E-state index in [4.69, 9.17) is 5.11 Å². The van der Waals surface area contributed by atoms with Gasteiger partial charge in [-0.25, -0.2) is 9.78 Å². The number of carboxylic acid groups (broad SMARTS) is 1. The van der Waals surface area contributed by atoms with Crippen LogP contribution in [0.3, 0.4) is 0 Å². The van der Waals surface area contributed by atoms with Gasteiger partial charge in [0.1, 0.15) is 4.88 Å². The molecule has 0 atom stereocenters. The smallest absolute Gasteiger partial charge is 0.345 e. The molecule has 2 aromatic rings. The van der Waals surface area contributed by atoms with E-state index in [1.807, 2.05) is 16.8 Å². The fraction of sp³-hybridized carbons (Fsp3) is 0.111. The minimum Gasteiger partial charge on any atom is -0.477 e. The number of aromatic carboxylic acids is 1. The molecule has 5 heteroatoms. The Morgan fingerprint density at radius 3 is 3.00 bits per heavy atom. The summed E-state index contributed by atoms with van der Waals surface area (Å²) in [5.41, 5.74) is 0. The van der Waals surface area contributed by atoms with Gasteiger partial charge in [-0.1, -0.05) is 0 Å². The number of hydrogen-bond acceptors (Lipinski definition) is 3. The van der Waals surface area contributed by atoms with Gasteiger partial charge in [-0.3, -0.25) is 0 Å². The van der Waals surface area contributed by atoms with E-state index in [-0.39, 0.29) is 0 Å². The number of nitrogens with zero attached hydrogens (tertiary/aromatic N) is 2. The molecule has 0 aliphatic heterocycles. The summed E-state index contributed by atoms with van der Waals surface area (Å²) in [5, 5.41) is 8.72. The van der Waals surface area contributed by atoms with Crippen molar-refractivity contribution in [2.24, 2.45) is 0 Å². The van der Waals surface area contributed by atoms with E-state index < -0.39 is 5.97 Å². The van der Waals surface area contributed by atoms with Crippen LogP contribution < -0.4 is 0 Å². The minimum atomic E-state index is -0.869. The van der Waals surface area contributed by atoms with Crippen LogP contribution in [-0.2, 0) is 6.54 Å². The summed E-state index contributed by atoms with van der Waals surface area (Å²) in [5.74, 6) is -0.869. The summed E-state index contributed by atoms with van der Waals surface area (Å²) in [6, 6.07) is 3.45. The molecule has 0 bridgehead atoms. The molecule has 4 nitrogen and oxygen atoms in total. The number of carbonyl (C=O) groups is 1. The quantitative estimate of drug-likeness (QED) is 0.835. The van der Waals surface area contributed by atoms with Crippen LogP contribution in [0.4, 0.5) is 0 Å². The Morgan fingerprint density at radius 2 is 2.43 bits per heavy atom. The van der Waals surface area contributed by atoms with Gasteiger partial charge in [0, 0.05) is 17.3 Å². The topological polar surface area (TPSA) is 55.1 Å². The lowest BCUT2D eigenvalue weighted by atomic mass is 10.4. The summed E-state index contributed by atoms with van der Waals surface area (Å²) >= 11 is 1.29. The molecule has 0 aliphatic carbocycles. The lowest BCUT2D eigenvalue weighted by Crippen LogP contribution is -1.93. The van der Waals surface area contributed by atoms with E-state index in [0.29, 0.717) is 11.4 Å². The fourth-order valence-corrected chi connectivity index (χ4v) is 1.99. The monoisotopic (exact) mass is 208 g/mol. The molecule has 0 unspecified atom stereocenters. The van der Waals surface area contributed by atoms with Gasteiger partial charge in [-0.2, -0.15) is 0 Å². The summed E-state index contributed by atoms with van der Waals surface area (Å²) in [6.07, 6.45) is 5.26. The third kappa shape index (κ3) is 1.82. The Hall–Kier alpha value is -1.62. The van der Waals surface area contributed by atoms with Crippen molar-refractivity contribution < 1.29 is 9.90 Å². The normalized spacial score (nSPS) is 10.3. The summed E-state index contributed by atoms with van der Waals surface area (Å²) in [7, 11) is 0. The lowest BCUT2D eigenvalue weighted by molar-refractivity contribution is 0.0702. The first-order chi connectivity index (χ1) is 6.75. The molecule has 0 radical (unpaired) electrons. The van der Waals surface area contributed by atoms with Crippen molar-refractivity contribution in [3.05, 3.63) is 40.6 Å². The summed E-state index contributed by atoms with van der Waals surface area (Å²) in [4.78, 5) is 15.9. The van der Waals surface area contributed by atoms with Gasteiger partial charge in [0.15, 0.2) is 0 Å². The first kappa shape index (κ1) is 8.96. The van der Waals surface area contributed by atoms with Crippen molar-refractivity contribution in [1.82, 2.24) is 9.55 Å². The molecule has 72 valence electrons. The second-order valence-corrected chi connectivity index (χ2v) is 3.97. The van der Waals surface area contributed by atoms with Gasteiger partial charge in [0.2, 0.25) is 0 Å². The molecule has 0 aliphatic rings. The molecule has 2 heterocycles. The summed E-state index contributed by atoms with van der Waals surface area (Å²) in [6.45, 7) is 0.679. The maximum Gasteiger partial charge on any atom is 0.345 e. The standard InChI is InChI=1S/C9H8N2O2S/c12-9(13)8-2-1-7(14-8)5-11-4-3-10-6-11/h1-4,6H,5H2,(H,12,13). The molecule has 2 rings (SSSR count). The average molecular weight is 208 g/mol. The molecule has 0 saturated carbocycles. The maximum atomic E-state index is 10.6. The Bertz CT molecular complexity index is 433. The van der Waals surface area contributed by atoms with Crippen molar-refractivity contribution in [1.29, 1.82) is 0 Å². The van der Waals surface area contributed by atoms with Crippen LogP contribution in [0.5, 0.6) is 0 Å². The molecule has 14 heavy (non-hydrogen) atoms. The second kappa shape index (κ2) is 3.63. The molecule has 2 aromatic heterocycles. The highest BCUT2D eigenvalue weighted by Crippen LogP contribution is 2.17. The lowest BCUT2D eigenvalue weighted by Gasteiger charge is -1.96. The van der Waals surface area contributed by atoms with Crippen LogP contribution in [0, 0.1) is 0 Å². The Kier molecular flexibility index (Phi) is 2.32. The van der Waals surface area contributed by atoms with Crippen LogP contribution in [0.1, 0.15) is 14.5 Å². The third-order valence-electron chi connectivity index (χ3n) is 1.77. The highest BCUT2D eigenvalue weighted by Gasteiger charge is 2.06.